The van der Waals surface area contributed by atoms with E-state index in [9.17, 15) is 8.42 Å². The van der Waals surface area contributed by atoms with E-state index in [2.05, 4.69) is 84.7 Å². The average molecular weight is 507 g/mol. The summed E-state index contributed by atoms with van der Waals surface area (Å²) in [5.74, 6) is 0.589. The lowest BCUT2D eigenvalue weighted by Gasteiger charge is -2.49. The standard InChI is InChI=1S/C27H46O3SSi2/c1-26(2,3)33(8,9)30-25-15-13-23-21-12-10-19-18-20(32(5,6)7)11-14-24(31(19,28)29)22(21)16-17-27(23,25)4/h11-12,14,18-19,22-25H,10,13,15-17H2,1-9H3/t19-,22-,23+,24-,25+,27+/m1/s1. The van der Waals surface area contributed by atoms with Crippen LogP contribution in [0.3, 0.4) is 0 Å². The first kappa shape index (κ1) is 25.7. The van der Waals surface area contributed by atoms with Gasteiger partial charge >= 0.3 is 0 Å². The Hall–Kier alpha value is -0.436. The minimum Gasteiger partial charge on any atom is -0.413 e. The van der Waals surface area contributed by atoms with Crippen molar-refractivity contribution in [1.82, 2.24) is 0 Å². The molecule has 0 saturated heterocycles. The molecule has 0 amide bonds. The van der Waals surface area contributed by atoms with Gasteiger partial charge in [-0.2, -0.15) is 0 Å². The van der Waals surface area contributed by atoms with Crippen LogP contribution in [0.5, 0.6) is 0 Å². The van der Waals surface area contributed by atoms with Crippen LogP contribution in [0.4, 0.5) is 0 Å². The first-order valence-corrected chi connectivity index (χ1v) is 21.0. The van der Waals surface area contributed by atoms with Crippen molar-refractivity contribution in [1.29, 1.82) is 0 Å². The molecule has 186 valence electrons. The summed E-state index contributed by atoms with van der Waals surface area (Å²) < 4.78 is 34.5. The number of rotatable bonds is 3. The quantitative estimate of drug-likeness (QED) is 0.304. The van der Waals surface area contributed by atoms with Crippen molar-refractivity contribution in [2.24, 2.45) is 17.3 Å². The fourth-order valence-corrected chi connectivity index (χ4v) is 11.6. The van der Waals surface area contributed by atoms with Crippen molar-refractivity contribution in [2.45, 2.75) is 114 Å². The summed E-state index contributed by atoms with van der Waals surface area (Å²) in [6, 6.07) is 0. The summed E-state index contributed by atoms with van der Waals surface area (Å²) in [6.07, 6.45) is 13.9. The van der Waals surface area contributed by atoms with Gasteiger partial charge in [-0.1, -0.05) is 82.4 Å². The van der Waals surface area contributed by atoms with Gasteiger partial charge < -0.3 is 4.43 Å². The van der Waals surface area contributed by atoms with Gasteiger partial charge in [0.2, 0.25) is 0 Å². The number of hydrogen-bond donors (Lipinski definition) is 0. The SMILES string of the molecule is CC(C)(C)[Si](C)(C)O[C@H]1CC[C@H]2C3=CC[C@@H]4C=C([Si](C)(C)C)C=C[C@H]([C@@H]3CC[C@]12C)S4(=O)=O. The monoisotopic (exact) mass is 506 g/mol. The molecule has 2 saturated carbocycles. The first-order chi connectivity index (χ1) is 15.0. The van der Waals surface area contributed by atoms with Crippen LogP contribution >= 0.6 is 0 Å². The topological polar surface area (TPSA) is 43.4 Å². The zero-order chi connectivity index (χ0) is 24.6. The van der Waals surface area contributed by atoms with E-state index in [-0.39, 0.29) is 26.9 Å². The minimum atomic E-state index is -3.23. The summed E-state index contributed by atoms with van der Waals surface area (Å²) >= 11 is 0. The largest absolute Gasteiger partial charge is 0.413 e. The lowest BCUT2D eigenvalue weighted by Crippen LogP contribution is -2.50. The zero-order valence-corrected chi connectivity index (χ0v) is 25.2. The Morgan fingerprint density at radius 3 is 2.33 bits per heavy atom. The average Bonchev–Trinajstić information content (AvgIpc) is 2.85. The van der Waals surface area contributed by atoms with Crippen molar-refractivity contribution >= 4 is 26.2 Å². The Kier molecular flexibility index (Phi) is 6.25. The molecule has 0 aromatic carbocycles. The third-order valence-electron chi connectivity index (χ3n) is 9.80. The van der Waals surface area contributed by atoms with Gasteiger partial charge in [0, 0.05) is 5.92 Å². The van der Waals surface area contributed by atoms with Gasteiger partial charge in [0.1, 0.15) is 0 Å². The van der Waals surface area contributed by atoms with Crippen LogP contribution in [0.1, 0.15) is 59.8 Å². The van der Waals surface area contributed by atoms with Gasteiger partial charge in [-0.3, -0.25) is 0 Å². The van der Waals surface area contributed by atoms with E-state index in [1.165, 1.54) is 10.8 Å². The van der Waals surface area contributed by atoms with E-state index in [0.717, 1.165) is 25.7 Å². The van der Waals surface area contributed by atoms with Gasteiger partial charge in [0.05, 0.1) is 24.7 Å². The molecule has 2 bridgehead atoms. The van der Waals surface area contributed by atoms with Gasteiger partial charge in [0.15, 0.2) is 18.2 Å². The highest BCUT2D eigenvalue weighted by atomic mass is 32.2. The molecule has 0 spiro atoms. The van der Waals surface area contributed by atoms with Crippen LogP contribution in [-0.2, 0) is 14.3 Å². The van der Waals surface area contributed by atoms with Crippen molar-refractivity contribution in [3.05, 3.63) is 35.1 Å². The van der Waals surface area contributed by atoms with E-state index >= 15 is 0 Å². The van der Waals surface area contributed by atoms with Crippen LogP contribution < -0.4 is 0 Å². The normalized spacial score (nSPS) is 38.5. The molecule has 0 radical (unpaired) electrons. The third-order valence-corrected chi connectivity index (χ3v) is 18.8. The molecule has 0 unspecified atom stereocenters. The fraction of sp³-hybridized carbons (Fsp3) is 0.778. The number of hydrogen-bond acceptors (Lipinski definition) is 3. The molecule has 3 nitrogen and oxygen atoms in total. The lowest BCUT2D eigenvalue weighted by molar-refractivity contribution is 0.0304. The number of fused-ring (bicyclic) bond motifs is 6. The molecule has 6 heteroatoms. The maximum Gasteiger partial charge on any atom is 0.192 e. The predicted octanol–water partition coefficient (Wildman–Crippen LogP) is 7.06. The number of allylic oxidation sites excluding steroid dienone is 4. The molecular formula is C27H46O3SSi2. The molecular weight excluding hydrogens is 461 g/mol. The molecule has 4 rings (SSSR count). The van der Waals surface area contributed by atoms with Crippen LogP contribution in [0.25, 0.3) is 0 Å². The molecule has 0 N–H and O–H groups in total. The molecule has 2 aliphatic carbocycles. The van der Waals surface area contributed by atoms with Gasteiger partial charge in [-0.15, -0.1) is 0 Å². The highest BCUT2D eigenvalue weighted by molar-refractivity contribution is 7.93. The van der Waals surface area contributed by atoms with Crippen molar-refractivity contribution in [2.75, 3.05) is 0 Å². The fourth-order valence-electron chi connectivity index (χ4n) is 6.53. The number of sulfone groups is 1. The maximum atomic E-state index is 13.8. The lowest BCUT2D eigenvalue weighted by atomic mass is 9.61. The summed E-state index contributed by atoms with van der Waals surface area (Å²) in [7, 11) is -6.66. The second-order valence-corrected chi connectivity index (χ2v) is 26.1. The van der Waals surface area contributed by atoms with Crippen molar-refractivity contribution in [3.63, 3.8) is 0 Å². The zero-order valence-electron chi connectivity index (χ0n) is 22.4. The molecule has 2 aliphatic heterocycles. The molecule has 0 aromatic heterocycles. The third kappa shape index (κ3) is 4.25. The van der Waals surface area contributed by atoms with E-state index in [1.54, 1.807) is 0 Å². The summed E-state index contributed by atoms with van der Waals surface area (Å²) in [4.78, 5) is 0. The van der Waals surface area contributed by atoms with Gasteiger partial charge in [-0.05, 0) is 61.6 Å². The van der Waals surface area contributed by atoms with Crippen molar-refractivity contribution in [3.8, 4) is 0 Å². The second kappa shape index (κ2) is 8.04. The molecule has 0 aromatic rings. The van der Waals surface area contributed by atoms with Gasteiger partial charge in [-0.25, -0.2) is 8.42 Å². The summed E-state index contributed by atoms with van der Waals surface area (Å²) in [6.45, 7) is 21.1. The molecule has 33 heavy (non-hydrogen) atoms. The van der Waals surface area contributed by atoms with E-state index in [4.69, 9.17) is 4.43 Å². The van der Waals surface area contributed by atoms with E-state index in [1.807, 2.05) is 0 Å². The second-order valence-electron chi connectivity index (χ2n) is 13.9. The summed E-state index contributed by atoms with van der Waals surface area (Å²) in [5, 5.41) is 0.754. The maximum absolute atomic E-state index is 13.8. The van der Waals surface area contributed by atoms with Crippen LogP contribution in [0.15, 0.2) is 35.1 Å². The predicted molar refractivity (Wildman–Crippen MR) is 145 cm³/mol. The smallest absolute Gasteiger partial charge is 0.192 e. The Bertz CT molecular complexity index is 993. The highest BCUT2D eigenvalue weighted by Crippen LogP contribution is 2.60. The molecule has 2 heterocycles. The van der Waals surface area contributed by atoms with Crippen molar-refractivity contribution < 1.29 is 12.8 Å². The van der Waals surface area contributed by atoms with E-state index in [0.29, 0.717) is 18.4 Å². The Labute approximate surface area is 205 Å². The molecule has 4 aliphatic rings. The Morgan fingerprint density at radius 1 is 1.06 bits per heavy atom. The Balaban J connectivity index is 1.68. The van der Waals surface area contributed by atoms with Crippen LogP contribution in [0.2, 0.25) is 37.8 Å². The molecule has 2 fully saturated rings. The summed E-state index contributed by atoms with van der Waals surface area (Å²) in [5.41, 5.74) is 1.56. The van der Waals surface area contributed by atoms with Crippen LogP contribution in [0, 0.1) is 17.3 Å². The van der Waals surface area contributed by atoms with Gasteiger partial charge in [0.25, 0.3) is 0 Å². The molecule has 6 atom stereocenters. The minimum absolute atomic E-state index is 0.124. The van der Waals surface area contributed by atoms with Crippen LogP contribution in [-0.4, -0.2) is 41.4 Å². The Morgan fingerprint density at radius 2 is 1.73 bits per heavy atom. The first-order valence-electron chi connectivity index (χ1n) is 13.0. The van der Waals surface area contributed by atoms with E-state index < -0.39 is 26.2 Å². The highest BCUT2D eigenvalue weighted by Gasteiger charge is 2.57.